The Balaban J connectivity index is 1.82. The van der Waals surface area contributed by atoms with Crippen LogP contribution in [-0.2, 0) is 6.54 Å². The Labute approximate surface area is 129 Å². The van der Waals surface area contributed by atoms with E-state index in [0.29, 0.717) is 24.4 Å². The Morgan fingerprint density at radius 3 is 2.59 bits per heavy atom. The maximum Gasteiger partial charge on any atom is 0.261 e. The molecule has 0 bridgehead atoms. The second-order valence-electron chi connectivity index (χ2n) is 5.25. The van der Waals surface area contributed by atoms with Gasteiger partial charge in [-0.2, -0.15) is 0 Å². The lowest BCUT2D eigenvalue weighted by atomic mass is 10.2. The van der Waals surface area contributed by atoms with Gasteiger partial charge in [0.15, 0.2) is 0 Å². The molecule has 3 aromatic rings. The molecule has 0 saturated heterocycles. The summed E-state index contributed by atoms with van der Waals surface area (Å²) in [7, 11) is 0. The van der Waals surface area contributed by atoms with Gasteiger partial charge in [0.05, 0.1) is 17.4 Å². The Morgan fingerprint density at radius 1 is 1.05 bits per heavy atom. The van der Waals surface area contributed by atoms with Crippen molar-refractivity contribution in [1.29, 1.82) is 0 Å². The second kappa shape index (κ2) is 6.02. The largest absolute Gasteiger partial charge is 0.491 e. The monoisotopic (exact) mass is 294 g/mol. The highest BCUT2D eigenvalue weighted by molar-refractivity contribution is 5.77. The molecule has 0 N–H and O–H groups in total. The number of para-hydroxylation sites is 2. The average molecular weight is 294 g/mol. The maximum atomic E-state index is 12.5. The van der Waals surface area contributed by atoms with Crippen LogP contribution in [-0.4, -0.2) is 16.2 Å². The lowest BCUT2D eigenvalue weighted by Gasteiger charge is -2.12. The van der Waals surface area contributed by atoms with E-state index in [2.05, 4.69) is 4.98 Å². The molecule has 1 heterocycles. The summed E-state index contributed by atoms with van der Waals surface area (Å²) in [6.45, 7) is 4.77. The molecule has 0 radical (unpaired) electrons. The van der Waals surface area contributed by atoms with Crippen molar-refractivity contribution in [2.45, 2.75) is 20.4 Å². The van der Waals surface area contributed by atoms with Crippen molar-refractivity contribution in [2.24, 2.45) is 0 Å². The molecule has 0 unspecified atom stereocenters. The minimum atomic E-state index is -0.0171. The fourth-order valence-electron chi connectivity index (χ4n) is 2.51. The standard InChI is InChI=1S/C18H18N2O2/c1-13-7-3-6-10-17(13)22-12-11-20-14(2)19-16-9-5-4-8-15(16)18(20)21/h3-10H,11-12H2,1-2H3. The average Bonchev–Trinajstić information content (AvgIpc) is 2.52. The molecule has 0 aliphatic heterocycles. The molecular weight excluding hydrogens is 276 g/mol. The van der Waals surface area contributed by atoms with Crippen LogP contribution in [0, 0.1) is 13.8 Å². The molecule has 22 heavy (non-hydrogen) atoms. The van der Waals surface area contributed by atoms with Gasteiger partial charge in [-0.15, -0.1) is 0 Å². The Bertz CT molecular complexity index is 868. The van der Waals surface area contributed by atoms with Gasteiger partial charge in [-0.1, -0.05) is 30.3 Å². The van der Waals surface area contributed by atoms with Gasteiger partial charge in [-0.3, -0.25) is 9.36 Å². The summed E-state index contributed by atoms with van der Waals surface area (Å²) in [5.41, 5.74) is 1.81. The first-order chi connectivity index (χ1) is 10.7. The number of ether oxygens (including phenoxy) is 1. The van der Waals surface area contributed by atoms with Gasteiger partial charge >= 0.3 is 0 Å². The highest BCUT2D eigenvalue weighted by Gasteiger charge is 2.07. The Morgan fingerprint density at radius 2 is 1.77 bits per heavy atom. The summed E-state index contributed by atoms with van der Waals surface area (Å²) in [5.74, 6) is 1.55. The van der Waals surface area contributed by atoms with E-state index in [9.17, 15) is 4.79 Å². The molecule has 1 aromatic heterocycles. The van der Waals surface area contributed by atoms with Crippen LogP contribution in [0.1, 0.15) is 11.4 Å². The topological polar surface area (TPSA) is 44.1 Å². The fourth-order valence-corrected chi connectivity index (χ4v) is 2.51. The number of hydrogen-bond donors (Lipinski definition) is 0. The van der Waals surface area contributed by atoms with Gasteiger partial charge in [0, 0.05) is 0 Å². The predicted octanol–water partition coefficient (Wildman–Crippen LogP) is 3.09. The van der Waals surface area contributed by atoms with Gasteiger partial charge in [0.2, 0.25) is 0 Å². The first-order valence-corrected chi connectivity index (χ1v) is 7.31. The summed E-state index contributed by atoms with van der Waals surface area (Å²) < 4.78 is 7.44. The third kappa shape index (κ3) is 2.72. The number of rotatable bonds is 4. The van der Waals surface area contributed by atoms with Gasteiger partial charge < -0.3 is 4.74 Å². The minimum Gasteiger partial charge on any atom is -0.491 e. The van der Waals surface area contributed by atoms with Crippen LogP contribution in [0.3, 0.4) is 0 Å². The van der Waals surface area contributed by atoms with E-state index in [1.807, 2.05) is 62.4 Å². The first kappa shape index (κ1) is 14.3. The van der Waals surface area contributed by atoms with Crippen LogP contribution in [0.2, 0.25) is 0 Å². The molecule has 0 spiro atoms. The van der Waals surface area contributed by atoms with Gasteiger partial charge in [0.25, 0.3) is 5.56 Å². The summed E-state index contributed by atoms with van der Waals surface area (Å²) in [6, 6.07) is 15.3. The van der Waals surface area contributed by atoms with Crippen LogP contribution in [0.4, 0.5) is 0 Å². The highest BCUT2D eigenvalue weighted by atomic mass is 16.5. The van der Waals surface area contributed by atoms with Crippen molar-refractivity contribution in [2.75, 3.05) is 6.61 Å². The third-order valence-electron chi connectivity index (χ3n) is 3.72. The zero-order valence-electron chi connectivity index (χ0n) is 12.7. The van der Waals surface area contributed by atoms with Crippen molar-refractivity contribution >= 4 is 10.9 Å². The molecule has 0 saturated carbocycles. The number of nitrogens with zero attached hydrogens (tertiary/aromatic N) is 2. The predicted molar refractivity (Wildman–Crippen MR) is 87.4 cm³/mol. The van der Waals surface area contributed by atoms with E-state index < -0.39 is 0 Å². The summed E-state index contributed by atoms with van der Waals surface area (Å²) in [6.07, 6.45) is 0. The lowest BCUT2D eigenvalue weighted by Crippen LogP contribution is -2.26. The molecule has 0 aliphatic rings. The summed E-state index contributed by atoms with van der Waals surface area (Å²) in [5, 5.41) is 0.643. The van der Waals surface area contributed by atoms with Gasteiger partial charge in [-0.25, -0.2) is 4.98 Å². The highest BCUT2D eigenvalue weighted by Crippen LogP contribution is 2.16. The SMILES string of the molecule is Cc1ccccc1OCCn1c(C)nc2ccccc2c1=O. The van der Waals surface area contributed by atoms with Crippen LogP contribution in [0.5, 0.6) is 5.75 Å². The fraction of sp³-hybridized carbons (Fsp3) is 0.222. The van der Waals surface area contributed by atoms with E-state index >= 15 is 0 Å². The number of benzene rings is 2. The summed E-state index contributed by atoms with van der Waals surface area (Å²) >= 11 is 0. The summed E-state index contributed by atoms with van der Waals surface area (Å²) in [4.78, 5) is 17.0. The van der Waals surface area contributed by atoms with Crippen molar-refractivity contribution in [3.05, 3.63) is 70.3 Å². The maximum absolute atomic E-state index is 12.5. The molecular formula is C18H18N2O2. The molecule has 112 valence electrons. The third-order valence-corrected chi connectivity index (χ3v) is 3.72. The second-order valence-corrected chi connectivity index (χ2v) is 5.25. The van der Waals surface area contributed by atoms with Crippen molar-refractivity contribution in [1.82, 2.24) is 9.55 Å². The van der Waals surface area contributed by atoms with Crippen molar-refractivity contribution < 1.29 is 4.74 Å². The molecule has 2 aromatic carbocycles. The lowest BCUT2D eigenvalue weighted by molar-refractivity contribution is 0.292. The van der Waals surface area contributed by atoms with Crippen molar-refractivity contribution in [3.8, 4) is 5.75 Å². The van der Waals surface area contributed by atoms with E-state index in [-0.39, 0.29) is 5.56 Å². The van der Waals surface area contributed by atoms with Gasteiger partial charge in [-0.05, 0) is 37.6 Å². The molecule has 0 fully saturated rings. The molecule has 0 amide bonds. The zero-order chi connectivity index (χ0) is 15.5. The normalized spacial score (nSPS) is 10.8. The Hall–Kier alpha value is -2.62. The number of hydrogen-bond acceptors (Lipinski definition) is 3. The van der Waals surface area contributed by atoms with Crippen molar-refractivity contribution in [3.63, 3.8) is 0 Å². The van der Waals surface area contributed by atoms with Crippen LogP contribution < -0.4 is 10.3 Å². The first-order valence-electron chi connectivity index (χ1n) is 7.31. The number of fused-ring (bicyclic) bond motifs is 1. The minimum absolute atomic E-state index is 0.0171. The molecule has 3 rings (SSSR count). The molecule has 4 nitrogen and oxygen atoms in total. The molecule has 0 aliphatic carbocycles. The van der Waals surface area contributed by atoms with E-state index in [1.54, 1.807) is 4.57 Å². The van der Waals surface area contributed by atoms with Gasteiger partial charge in [0.1, 0.15) is 18.2 Å². The van der Waals surface area contributed by atoms with Crippen LogP contribution in [0.15, 0.2) is 53.3 Å². The zero-order valence-corrected chi connectivity index (χ0v) is 12.7. The Kier molecular flexibility index (Phi) is 3.92. The number of aryl methyl sites for hydroxylation is 2. The molecule has 0 atom stereocenters. The van der Waals surface area contributed by atoms with E-state index in [4.69, 9.17) is 4.74 Å². The smallest absolute Gasteiger partial charge is 0.261 e. The number of aromatic nitrogens is 2. The van der Waals surface area contributed by atoms with E-state index in [0.717, 1.165) is 16.8 Å². The van der Waals surface area contributed by atoms with Crippen LogP contribution >= 0.6 is 0 Å². The molecule has 4 heteroatoms. The quantitative estimate of drug-likeness (QED) is 0.742. The van der Waals surface area contributed by atoms with E-state index in [1.165, 1.54) is 0 Å². The van der Waals surface area contributed by atoms with Crippen LogP contribution in [0.25, 0.3) is 10.9 Å².